The molecule has 0 unspecified atom stereocenters. The van der Waals surface area contributed by atoms with E-state index < -0.39 is 17.8 Å². The molecular formula is C25H23N3O5. The van der Waals surface area contributed by atoms with Crippen molar-refractivity contribution >= 4 is 29.7 Å². The number of anilines is 1. The van der Waals surface area contributed by atoms with Crippen molar-refractivity contribution in [3.05, 3.63) is 89.5 Å². The van der Waals surface area contributed by atoms with Crippen LogP contribution in [0.25, 0.3) is 0 Å². The van der Waals surface area contributed by atoms with Gasteiger partial charge in [0.15, 0.2) is 11.5 Å². The summed E-state index contributed by atoms with van der Waals surface area (Å²) >= 11 is 0. The van der Waals surface area contributed by atoms with Crippen LogP contribution in [0.2, 0.25) is 0 Å². The van der Waals surface area contributed by atoms with Crippen molar-refractivity contribution in [3.8, 4) is 11.5 Å². The van der Waals surface area contributed by atoms with E-state index in [1.807, 2.05) is 25.1 Å². The molecule has 3 aromatic rings. The van der Waals surface area contributed by atoms with Crippen molar-refractivity contribution < 1.29 is 23.9 Å². The molecule has 0 atom stereocenters. The Morgan fingerprint density at radius 1 is 0.909 bits per heavy atom. The largest absolute Gasteiger partial charge is 0.490 e. The topological polar surface area (TPSA) is 106 Å². The molecule has 0 saturated carbocycles. The molecule has 2 N–H and O–H groups in total. The molecule has 3 aromatic carbocycles. The number of ether oxygens (including phenoxy) is 2. The summed E-state index contributed by atoms with van der Waals surface area (Å²) in [5, 5.41) is 6.35. The van der Waals surface area contributed by atoms with E-state index >= 15 is 0 Å². The van der Waals surface area contributed by atoms with Crippen molar-refractivity contribution in [2.45, 2.75) is 13.8 Å². The minimum absolute atomic E-state index is 0.254. The van der Waals surface area contributed by atoms with Gasteiger partial charge in [-0.05, 0) is 61.4 Å². The van der Waals surface area contributed by atoms with Crippen molar-refractivity contribution in [3.63, 3.8) is 0 Å². The summed E-state index contributed by atoms with van der Waals surface area (Å²) in [6, 6.07) is 20.5. The third kappa shape index (κ3) is 6.51. The molecule has 0 spiro atoms. The number of hydrazone groups is 1. The maximum Gasteiger partial charge on any atom is 0.343 e. The minimum atomic E-state index is -0.909. The molecule has 0 bridgehead atoms. The van der Waals surface area contributed by atoms with Gasteiger partial charge in [0, 0.05) is 5.69 Å². The highest BCUT2D eigenvalue weighted by Gasteiger charge is 2.15. The van der Waals surface area contributed by atoms with Crippen LogP contribution in [-0.4, -0.2) is 30.6 Å². The number of nitrogens with one attached hydrogen (secondary N) is 2. The Hall–Kier alpha value is -4.46. The molecular weight excluding hydrogens is 422 g/mol. The molecule has 0 radical (unpaired) electrons. The van der Waals surface area contributed by atoms with Crippen LogP contribution in [0.3, 0.4) is 0 Å². The number of carbonyl (C=O) groups is 3. The van der Waals surface area contributed by atoms with Gasteiger partial charge < -0.3 is 14.8 Å². The first-order valence-corrected chi connectivity index (χ1v) is 10.2. The van der Waals surface area contributed by atoms with Crippen LogP contribution in [0, 0.1) is 6.92 Å². The Balaban J connectivity index is 1.63. The zero-order valence-electron chi connectivity index (χ0n) is 18.2. The summed E-state index contributed by atoms with van der Waals surface area (Å²) in [7, 11) is 0. The van der Waals surface area contributed by atoms with Gasteiger partial charge in [0.1, 0.15) is 0 Å². The lowest BCUT2D eigenvalue weighted by Crippen LogP contribution is -2.32. The SMILES string of the molecule is CCOc1cc(C=NNC(=O)C(=O)Nc2ccccc2C)ccc1OC(=O)c1ccccc1. The van der Waals surface area contributed by atoms with Gasteiger partial charge in [-0.15, -0.1) is 0 Å². The number of aryl methyl sites for hydroxylation is 1. The van der Waals surface area contributed by atoms with Gasteiger partial charge in [0.25, 0.3) is 0 Å². The first-order valence-electron chi connectivity index (χ1n) is 10.2. The lowest BCUT2D eigenvalue weighted by atomic mass is 10.2. The number of carbonyl (C=O) groups excluding carboxylic acids is 3. The summed E-state index contributed by atoms with van der Waals surface area (Å²) < 4.78 is 11.0. The summed E-state index contributed by atoms with van der Waals surface area (Å²) in [6.45, 7) is 3.98. The Morgan fingerprint density at radius 2 is 1.64 bits per heavy atom. The maximum atomic E-state index is 12.3. The van der Waals surface area contributed by atoms with Crippen molar-refractivity contribution in [2.75, 3.05) is 11.9 Å². The van der Waals surface area contributed by atoms with Crippen LogP contribution >= 0.6 is 0 Å². The second-order valence-corrected chi connectivity index (χ2v) is 6.86. The Morgan fingerprint density at radius 3 is 2.36 bits per heavy atom. The average Bonchev–Trinajstić information content (AvgIpc) is 2.82. The van der Waals surface area contributed by atoms with Crippen molar-refractivity contribution in [2.24, 2.45) is 5.10 Å². The van der Waals surface area contributed by atoms with Crippen molar-refractivity contribution in [1.82, 2.24) is 5.43 Å². The molecule has 0 aliphatic heterocycles. The Bertz CT molecular complexity index is 1180. The lowest BCUT2D eigenvalue weighted by molar-refractivity contribution is -0.136. The van der Waals surface area contributed by atoms with Gasteiger partial charge in [-0.1, -0.05) is 36.4 Å². The van der Waals surface area contributed by atoms with E-state index in [2.05, 4.69) is 15.8 Å². The van der Waals surface area contributed by atoms with E-state index in [-0.39, 0.29) is 5.75 Å². The molecule has 0 fully saturated rings. The Kier molecular flexibility index (Phi) is 7.91. The smallest absolute Gasteiger partial charge is 0.343 e. The van der Waals surface area contributed by atoms with Crippen LogP contribution < -0.4 is 20.2 Å². The molecule has 2 amide bonds. The molecule has 8 heteroatoms. The van der Waals surface area contributed by atoms with E-state index in [4.69, 9.17) is 9.47 Å². The van der Waals surface area contributed by atoms with Gasteiger partial charge >= 0.3 is 17.8 Å². The Labute approximate surface area is 191 Å². The number of benzene rings is 3. The fourth-order valence-electron chi connectivity index (χ4n) is 2.80. The lowest BCUT2D eigenvalue weighted by Gasteiger charge is -2.11. The highest BCUT2D eigenvalue weighted by atomic mass is 16.6. The average molecular weight is 445 g/mol. The summed E-state index contributed by atoms with van der Waals surface area (Å²) in [4.78, 5) is 36.4. The van der Waals surface area contributed by atoms with Gasteiger partial charge in [-0.25, -0.2) is 10.2 Å². The molecule has 3 rings (SSSR count). The van der Waals surface area contributed by atoms with Crippen LogP contribution in [0.15, 0.2) is 77.9 Å². The monoisotopic (exact) mass is 445 g/mol. The highest BCUT2D eigenvalue weighted by Crippen LogP contribution is 2.29. The van der Waals surface area contributed by atoms with Gasteiger partial charge in [0.05, 0.1) is 18.4 Å². The summed E-state index contributed by atoms with van der Waals surface area (Å²) in [6.07, 6.45) is 1.35. The van der Waals surface area contributed by atoms with Crippen LogP contribution in [-0.2, 0) is 9.59 Å². The molecule has 33 heavy (non-hydrogen) atoms. The number of hydrogen-bond donors (Lipinski definition) is 2. The predicted octanol–water partition coefficient (Wildman–Crippen LogP) is 3.70. The molecule has 0 aliphatic rings. The minimum Gasteiger partial charge on any atom is -0.490 e. The number of nitrogens with zero attached hydrogens (tertiary/aromatic N) is 1. The van der Waals surface area contributed by atoms with Crippen molar-refractivity contribution in [1.29, 1.82) is 0 Å². The zero-order valence-corrected chi connectivity index (χ0v) is 18.2. The fourth-order valence-corrected chi connectivity index (χ4v) is 2.80. The molecule has 0 heterocycles. The third-order valence-corrected chi connectivity index (χ3v) is 4.46. The zero-order chi connectivity index (χ0) is 23.6. The third-order valence-electron chi connectivity index (χ3n) is 4.46. The normalized spacial score (nSPS) is 10.5. The number of amides is 2. The van der Waals surface area contributed by atoms with E-state index in [1.165, 1.54) is 6.21 Å². The number of esters is 1. The number of hydrogen-bond acceptors (Lipinski definition) is 6. The van der Waals surface area contributed by atoms with E-state index in [0.29, 0.717) is 29.2 Å². The molecule has 168 valence electrons. The van der Waals surface area contributed by atoms with Gasteiger partial charge in [-0.2, -0.15) is 5.10 Å². The molecule has 0 saturated heterocycles. The summed E-state index contributed by atoms with van der Waals surface area (Å²) in [5.74, 6) is -1.66. The second kappa shape index (κ2) is 11.2. The predicted molar refractivity (Wildman–Crippen MR) is 125 cm³/mol. The van der Waals surface area contributed by atoms with Gasteiger partial charge in [0.2, 0.25) is 0 Å². The van der Waals surface area contributed by atoms with Crippen LogP contribution in [0.1, 0.15) is 28.4 Å². The summed E-state index contributed by atoms with van der Waals surface area (Å²) in [5.41, 5.74) is 4.54. The van der Waals surface area contributed by atoms with Gasteiger partial charge in [-0.3, -0.25) is 9.59 Å². The second-order valence-electron chi connectivity index (χ2n) is 6.86. The first kappa shape index (κ1) is 23.2. The maximum absolute atomic E-state index is 12.3. The van der Waals surface area contributed by atoms with E-state index in [9.17, 15) is 14.4 Å². The van der Waals surface area contributed by atoms with E-state index in [1.54, 1.807) is 61.5 Å². The van der Waals surface area contributed by atoms with E-state index in [0.717, 1.165) is 5.56 Å². The number of rotatable bonds is 7. The highest BCUT2D eigenvalue weighted by molar-refractivity contribution is 6.39. The molecule has 0 aliphatic carbocycles. The molecule has 0 aromatic heterocycles. The standard InChI is InChI=1S/C25H23N3O5/c1-3-32-22-15-18(13-14-21(22)33-25(31)19-10-5-4-6-11-19)16-26-28-24(30)23(29)27-20-12-8-7-9-17(20)2/h4-16H,3H2,1-2H3,(H,27,29)(H,28,30). The molecule has 8 nitrogen and oxygen atoms in total. The van der Waals surface area contributed by atoms with Crippen LogP contribution in [0.5, 0.6) is 11.5 Å². The quantitative estimate of drug-likeness (QED) is 0.190. The number of para-hydroxylation sites is 1. The van der Waals surface area contributed by atoms with Crippen LogP contribution in [0.4, 0.5) is 5.69 Å². The first-order chi connectivity index (χ1) is 16.0. The fraction of sp³-hybridized carbons (Fsp3) is 0.120.